The highest BCUT2D eigenvalue weighted by Gasteiger charge is 2.10. The fourth-order valence-corrected chi connectivity index (χ4v) is 2.98. The van der Waals surface area contributed by atoms with Crippen LogP contribution in [0.15, 0.2) is 72.8 Å². The van der Waals surface area contributed by atoms with Crippen LogP contribution in [0.1, 0.15) is 0 Å². The van der Waals surface area contributed by atoms with E-state index in [0.29, 0.717) is 0 Å². The zero-order chi connectivity index (χ0) is 15.8. The maximum absolute atomic E-state index is 4.84. The highest BCUT2D eigenvalue weighted by Crippen LogP contribution is 2.33. The van der Waals surface area contributed by atoms with Gasteiger partial charge in [0.05, 0.1) is 5.52 Å². The topological polar surface area (TPSA) is 16.1 Å². The number of fused-ring (bicyclic) bond motifs is 2. The van der Waals surface area contributed by atoms with Crippen molar-refractivity contribution >= 4 is 27.5 Å². The first kappa shape index (κ1) is 13.8. The Morgan fingerprint density at radius 1 is 0.739 bits per heavy atom. The molecule has 0 bridgehead atoms. The van der Waals surface area contributed by atoms with E-state index < -0.39 is 0 Å². The predicted molar refractivity (Wildman–Crippen MR) is 99.0 cm³/mol. The molecule has 0 aliphatic heterocycles. The first-order valence-electron chi connectivity index (χ1n) is 7.79. The minimum atomic E-state index is 0.978. The summed E-state index contributed by atoms with van der Waals surface area (Å²) in [6.45, 7) is 0. The van der Waals surface area contributed by atoms with Crippen LogP contribution in [-0.4, -0.2) is 19.1 Å². The first-order chi connectivity index (χ1) is 11.2. The Bertz CT molecular complexity index is 988. The number of anilines is 1. The van der Waals surface area contributed by atoms with E-state index in [-0.39, 0.29) is 0 Å². The lowest BCUT2D eigenvalue weighted by Gasteiger charge is -2.16. The summed E-state index contributed by atoms with van der Waals surface area (Å²) in [5.41, 5.74) is 3.48. The third-order valence-corrected chi connectivity index (χ3v) is 4.21. The molecule has 4 rings (SSSR count). The number of pyridine rings is 1. The van der Waals surface area contributed by atoms with Gasteiger partial charge in [0, 0.05) is 19.5 Å². The van der Waals surface area contributed by atoms with Crippen LogP contribution < -0.4 is 4.90 Å². The number of nitrogens with zero attached hydrogens (tertiary/aromatic N) is 2. The molecule has 2 nitrogen and oxygen atoms in total. The van der Waals surface area contributed by atoms with Crippen molar-refractivity contribution in [1.29, 1.82) is 0 Å². The molecule has 1 aromatic heterocycles. The van der Waals surface area contributed by atoms with Crippen LogP contribution >= 0.6 is 0 Å². The average Bonchev–Trinajstić information content (AvgIpc) is 2.59. The molecule has 0 saturated carbocycles. The lowest BCUT2D eigenvalue weighted by molar-refractivity contribution is 1.08. The molecule has 0 radical (unpaired) electrons. The average molecular weight is 298 g/mol. The molecule has 0 saturated heterocycles. The number of hydrogen-bond donors (Lipinski definition) is 0. The van der Waals surface area contributed by atoms with Crippen molar-refractivity contribution in [3.63, 3.8) is 0 Å². The molecule has 23 heavy (non-hydrogen) atoms. The normalized spacial score (nSPS) is 11.0. The highest BCUT2D eigenvalue weighted by molar-refractivity contribution is 6.04. The van der Waals surface area contributed by atoms with Crippen molar-refractivity contribution in [3.8, 4) is 11.1 Å². The number of benzene rings is 3. The summed E-state index contributed by atoms with van der Waals surface area (Å²) in [5, 5.41) is 3.67. The van der Waals surface area contributed by atoms with E-state index in [2.05, 4.69) is 77.7 Å². The molecule has 4 aromatic rings. The van der Waals surface area contributed by atoms with Crippen LogP contribution in [0.2, 0.25) is 0 Å². The molecule has 0 unspecified atom stereocenters. The summed E-state index contributed by atoms with van der Waals surface area (Å²) in [6.07, 6.45) is 0. The van der Waals surface area contributed by atoms with E-state index in [4.69, 9.17) is 4.98 Å². The summed E-state index contributed by atoms with van der Waals surface area (Å²) >= 11 is 0. The molecule has 0 fully saturated rings. The van der Waals surface area contributed by atoms with Gasteiger partial charge in [-0.3, -0.25) is 0 Å². The zero-order valence-electron chi connectivity index (χ0n) is 13.3. The van der Waals surface area contributed by atoms with Crippen molar-refractivity contribution in [1.82, 2.24) is 4.98 Å². The second kappa shape index (κ2) is 5.40. The number of aromatic nitrogens is 1. The van der Waals surface area contributed by atoms with Gasteiger partial charge < -0.3 is 4.90 Å². The molecule has 1 heterocycles. The Morgan fingerprint density at radius 2 is 1.39 bits per heavy atom. The Balaban J connectivity index is 2.11. The van der Waals surface area contributed by atoms with Crippen molar-refractivity contribution < 1.29 is 0 Å². The van der Waals surface area contributed by atoms with E-state index in [0.717, 1.165) is 11.3 Å². The summed E-state index contributed by atoms with van der Waals surface area (Å²) in [7, 11) is 4.06. The van der Waals surface area contributed by atoms with E-state index in [1.165, 1.54) is 27.3 Å². The van der Waals surface area contributed by atoms with Gasteiger partial charge in [0.15, 0.2) is 0 Å². The van der Waals surface area contributed by atoms with E-state index >= 15 is 0 Å². The minimum absolute atomic E-state index is 0.978. The molecule has 2 heteroatoms. The van der Waals surface area contributed by atoms with Crippen LogP contribution in [0, 0.1) is 0 Å². The van der Waals surface area contributed by atoms with Crippen LogP contribution in [-0.2, 0) is 0 Å². The standard InChI is InChI=1S/C21H18N2/c1-23(2)21-14-18(15-8-4-3-5-9-15)19-12-16-10-6-7-11-17(16)13-20(19)22-21/h3-14H,1-2H3. The largest absolute Gasteiger partial charge is 0.363 e. The third kappa shape index (κ3) is 2.42. The van der Waals surface area contributed by atoms with Gasteiger partial charge in [0.1, 0.15) is 5.82 Å². The summed E-state index contributed by atoms with van der Waals surface area (Å²) in [4.78, 5) is 6.89. The molecule has 0 amide bonds. The molecular formula is C21H18N2. The van der Waals surface area contributed by atoms with Gasteiger partial charge in [0.2, 0.25) is 0 Å². The lowest BCUT2D eigenvalue weighted by atomic mass is 9.98. The molecule has 0 aliphatic rings. The summed E-state index contributed by atoms with van der Waals surface area (Å²) in [6, 6.07) is 25.6. The first-order valence-corrected chi connectivity index (χ1v) is 7.79. The van der Waals surface area contributed by atoms with Crippen LogP contribution in [0.4, 0.5) is 5.82 Å². The Kier molecular flexibility index (Phi) is 3.23. The van der Waals surface area contributed by atoms with Gasteiger partial charge in [-0.1, -0.05) is 54.6 Å². The SMILES string of the molecule is CN(C)c1cc(-c2ccccc2)c2cc3ccccc3cc2n1. The Morgan fingerprint density at radius 3 is 2.09 bits per heavy atom. The predicted octanol–water partition coefficient (Wildman–Crippen LogP) is 5.12. The van der Waals surface area contributed by atoms with Gasteiger partial charge in [0.25, 0.3) is 0 Å². The van der Waals surface area contributed by atoms with E-state index in [9.17, 15) is 0 Å². The lowest BCUT2D eigenvalue weighted by Crippen LogP contribution is -2.10. The van der Waals surface area contributed by atoms with Crippen LogP contribution in [0.25, 0.3) is 32.8 Å². The maximum atomic E-state index is 4.84. The van der Waals surface area contributed by atoms with Gasteiger partial charge in [-0.2, -0.15) is 0 Å². The summed E-state index contributed by atoms with van der Waals surface area (Å²) < 4.78 is 0. The molecule has 0 aliphatic carbocycles. The van der Waals surface area contributed by atoms with Crippen LogP contribution in [0.5, 0.6) is 0 Å². The van der Waals surface area contributed by atoms with Crippen molar-refractivity contribution in [3.05, 3.63) is 72.8 Å². The minimum Gasteiger partial charge on any atom is -0.363 e. The Hall–Kier alpha value is -2.87. The van der Waals surface area contributed by atoms with Crippen molar-refractivity contribution in [2.45, 2.75) is 0 Å². The molecular weight excluding hydrogens is 280 g/mol. The molecule has 0 atom stereocenters. The fraction of sp³-hybridized carbons (Fsp3) is 0.0952. The monoisotopic (exact) mass is 298 g/mol. The van der Waals surface area contributed by atoms with E-state index in [1.54, 1.807) is 0 Å². The molecule has 112 valence electrons. The number of hydrogen-bond acceptors (Lipinski definition) is 2. The summed E-state index contributed by atoms with van der Waals surface area (Å²) in [5.74, 6) is 0.978. The quantitative estimate of drug-likeness (QED) is 0.477. The maximum Gasteiger partial charge on any atom is 0.129 e. The fourth-order valence-electron chi connectivity index (χ4n) is 2.98. The number of rotatable bonds is 2. The molecule has 0 N–H and O–H groups in total. The second-order valence-electron chi connectivity index (χ2n) is 6.00. The molecule has 0 spiro atoms. The third-order valence-electron chi connectivity index (χ3n) is 4.21. The zero-order valence-corrected chi connectivity index (χ0v) is 13.3. The molecule has 3 aromatic carbocycles. The van der Waals surface area contributed by atoms with Gasteiger partial charge in [-0.15, -0.1) is 0 Å². The highest BCUT2D eigenvalue weighted by atomic mass is 15.1. The van der Waals surface area contributed by atoms with E-state index in [1.807, 2.05) is 14.1 Å². The van der Waals surface area contributed by atoms with Crippen LogP contribution in [0.3, 0.4) is 0 Å². The van der Waals surface area contributed by atoms with Gasteiger partial charge >= 0.3 is 0 Å². The van der Waals surface area contributed by atoms with Gasteiger partial charge in [-0.25, -0.2) is 4.98 Å². The van der Waals surface area contributed by atoms with Crippen molar-refractivity contribution in [2.75, 3.05) is 19.0 Å². The second-order valence-corrected chi connectivity index (χ2v) is 6.00. The smallest absolute Gasteiger partial charge is 0.129 e. The Labute approximate surface area is 136 Å². The van der Waals surface area contributed by atoms with Crippen molar-refractivity contribution in [2.24, 2.45) is 0 Å². The van der Waals surface area contributed by atoms with Gasteiger partial charge in [-0.05, 0) is 40.1 Å².